The molecule has 13 heavy (non-hydrogen) atoms. The van der Waals surface area contributed by atoms with E-state index in [1.807, 2.05) is 0 Å². The van der Waals surface area contributed by atoms with Gasteiger partial charge in [0.25, 0.3) is 0 Å². The fourth-order valence-electron chi connectivity index (χ4n) is 0.632. The molecule has 0 bridgehead atoms. The van der Waals surface area contributed by atoms with E-state index >= 15 is 0 Å². The summed E-state index contributed by atoms with van der Waals surface area (Å²) in [5.74, 6) is -1.83. The molecule has 4 nitrogen and oxygen atoms in total. The Hall–Kier alpha value is -1.66. The zero-order chi connectivity index (χ0) is 10.1. The van der Waals surface area contributed by atoms with Crippen LogP contribution in [-0.4, -0.2) is 16.3 Å². The molecule has 0 spiro atoms. The first kappa shape index (κ1) is 9.43. The van der Waals surface area contributed by atoms with Crippen LogP contribution in [0.5, 0.6) is 0 Å². The molecular weight excluding hydrogens is 187 g/mol. The maximum atomic E-state index is 11.9. The predicted molar refractivity (Wildman–Crippen MR) is 36.8 cm³/mol. The summed E-state index contributed by atoms with van der Waals surface area (Å²) in [6, 6.07) is 0. The molecule has 0 aliphatic carbocycles. The third-order valence-electron chi connectivity index (χ3n) is 1.23. The van der Waals surface area contributed by atoms with Gasteiger partial charge >= 0.3 is 6.18 Å². The van der Waals surface area contributed by atoms with Gasteiger partial charge in [0.05, 0.1) is 5.56 Å². The Kier molecular flexibility index (Phi) is 2.18. The summed E-state index contributed by atoms with van der Waals surface area (Å²) in [4.78, 5) is 16.0. The number of aromatic nitrogens is 2. The Balaban J connectivity index is 3.17. The van der Waals surface area contributed by atoms with Gasteiger partial charge < -0.3 is 5.73 Å². The molecule has 1 aromatic heterocycles. The number of aldehydes is 1. The van der Waals surface area contributed by atoms with Gasteiger partial charge in [-0.15, -0.1) is 0 Å². The lowest BCUT2D eigenvalue weighted by atomic mass is 10.3. The highest BCUT2D eigenvalue weighted by atomic mass is 19.4. The van der Waals surface area contributed by atoms with E-state index in [-0.39, 0.29) is 11.8 Å². The Labute approximate surface area is 70.6 Å². The van der Waals surface area contributed by atoms with Crippen molar-refractivity contribution < 1.29 is 18.0 Å². The summed E-state index contributed by atoms with van der Waals surface area (Å²) >= 11 is 0. The molecule has 0 saturated heterocycles. The number of nitrogens with two attached hydrogens (primary N) is 1. The van der Waals surface area contributed by atoms with E-state index in [0.29, 0.717) is 0 Å². The molecule has 0 aliphatic rings. The van der Waals surface area contributed by atoms with Gasteiger partial charge in [0.15, 0.2) is 6.29 Å². The van der Waals surface area contributed by atoms with Crippen molar-refractivity contribution in [1.29, 1.82) is 0 Å². The molecule has 1 aromatic rings. The first-order chi connectivity index (χ1) is 5.95. The van der Waals surface area contributed by atoms with Gasteiger partial charge in [-0.25, -0.2) is 9.97 Å². The summed E-state index contributed by atoms with van der Waals surface area (Å²) in [6.07, 6.45) is -3.62. The molecule has 0 aliphatic heterocycles. The summed E-state index contributed by atoms with van der Waals surface area (Å²) in [7, 11) is 0. The fourth-order valence-corrected chi connectivity index (χ4v) is 0.632. The third-order valence-corrected chi connectivity index (χ3v) is 1.23. The second-order valence-corrected chi connectivity index (χ2v) is 2.15. The van der Waals surface area contributed by atoms with E-state index in [1.165, 1.54) is 0 Å². The highest BCUT2D eigenvalue weighted by Gasteiger charge is 2.34. The Morgan fingerprint density at radius 1 is 1.46 bits per heavy atom. The predicted octanol–water partition coefficient (Wildman–Crippen LogP) is 0.890. The number of rotatable bonds is 1. The van der Waals surface area contributed by atoms with Crippen LogP contribution in [0.3, 0.4) is 0 Å². The quantitative estimate of drug-likeness (QED) is 0.669. The van der Waals surface area contributed by atoms with Crippen molar-refractivity contribution in [1.82, 2.24) is 9.97 Å². The van der Waals surface area contributed by atoms with Crippen LogP contribution in [0.25, 0.3) is 0 Å². The third kappa shape index (κ3) is 1.92. The number of alkyl halides is 3. The summed E-state index contributed by atoms with van der Waals surface area (Å²) < 4.78 is 35.8. The second-order valence-electron chi connectivity index (χ2n) is 2.15. The molecule has 1 rings (SSSR count). The van der Waals surface area contributed by atoms with Gasteiger partial charge in [-0.3, -0.25) is 4.79 Å². The summed E-state index contributed by atoms with van der Waals surface area (Å²) in [5, 5.41) is 0. The molecule has 7 heteroatoms. The smallest absolute Gasteiger partial charge is 0.383 e. The number of anilines is 1. The molecule has 2 N–H and O–H groups in total. The van der Waals surface area contributed by atoms with Crippen LogP contribution in [-0.2, 0) is 6.18 Å². The molecule has 0 radical (unpaired) electrons. The number of hydrogen-bond donors (Lipinski definition) is 1. The van der Waals surface area contributed by atoms with Crippen LogP contribution >= 0.6 is 0 Å². The molecule has 1 heterocycles. The van der Waals surface area contributed by atoms with Crippen LogP contribution < -0.4 is 5.73 Å². The van der Waals surface area contributed by atoms with E-state index in [4.69, 9.17) is 5.73 Å². The average Bonchev–Trinajstić information content (AvgIpc) is 2.02. The van der Waals surface area contributed by atoms with Gasteiger partial charge in [0.1, 0.15) is 5.82 Å². The SMILES string of the molecule is Nc1nc(C(F)(F)F)ncc1C=O. The van der Waals surface area contributed by atoms with Crippen LogP contribution in [0, 0.1) is 0 Å². The maximum Gasteiger partial charge on any atom is 0.451 e. The Morgan fingerprint density at radius 2 is 2.08 bits per heavy atom. The lowest BCUT2D eigenvalue weighted by Crippen LogP contribution is -2.13. The highest BCUT2D eigenvalue weighted by Crippen LogP contribution is 2.26. The molecule has 0 unspecified atom stereocenters. The van der Waals surface area contributed by atoms with Gasteiger partial charge in [-0.1, -0.05) is 0 Å². The van der Waals surface area contributed by atoms with Crippen LogP contribution in [0.1, 0.15) is 16.2 Å². The van der Waals surface area contributed by atoms with Crippen molar-refractivity contribution in [2.75, 3.05) is 5.73 Å². The molecule has 0 atom stereocenters. The molecule has 0 aromatic carbocycles. The van der Waals surface area contributed by atoms with Gasteiger partial charge in [-0.05, 0) is 0 Å². The van der Waals surface area contributed by atoms with Crippen LogP contribution in [0.15, 0.2) is 6.20 Å². The number of carbonyl (C=O) groups excluding carboxylic acids is 1. The van der Waals surface area contributed by atoms with Crippen molar-refractivity contribution in [2.24, 2.45) is 0 Å². The zero-order valence-corrected chi connectivity index (χ0v) is 6.17. The zero-order valence-electron chi connectivity index (χ0n) is 6.17. The maximum absolute atomic E-state index is 11.9. The molecule has 0 amide bonds. The van der Waals surface area contributed by atoms with E-state index in [9.17, 15) is 18.0 Å². The molecule has 0 fully saturated rings. The Bertz CT molecular complexity index is 336. The number of nitrogens with zero attached hydrogens (tertiary/aromatic N) is 2. The van der Waals surface area contributed by atoms with Gasteiger partial charge in [0.2, 0.25) is 5.82 Å². The molecular formula is C6H4F3N3O. The van der Waals surface area contributed by atoms with Crippen molar-refractivity contribution in [3.05, 3.63) is 17.6 Å². The molecule has 70 valence electrons. The van der Waals surface area contributed by atoms with Crippen LogP contribution in [0.2, 0.25) is 0 Å². The van der Waals surface area contributed by atoms with Crippen molar-refractivity contribution in [2.45, 2.75) is 6.18 Å². The van der Waals surface area contributed by atoms with E-state index in [0.717, 1.165) is 6.20 Å². The lowest BCUT2D eigenvalue weighted by Gasteiger charge is -2.04. The minimum absolute atomic E-state index is 0.159. The number of carbonyl (C=O) groups is 1. The number of nitrogen functional groups attached to an aromatic ring is 1. The van der Waals surface area contributed by atoms with E-state index < -0.39 is 17.8 Å². The van der Waals surface area contributed by atoms with Gasteiger partial charge in [0, 0.05) is 6.20 Å². The monoisotopic (exact) mass is 191 g/mol. The van der Waals surface area contributed by atoms with Gasteiger partial charge in [-0.2, -0.15) is 13.2 Å². The fraction of sp³-hybridized carbons (Fsp3) is 0.167. The van der Waals surface area contributed by atoms with E-state index in [1.54, 1.807) is 0 Å². The first-order valence-electron chi connectivity index (χ1n) is 3.10. The first-order valence-corrected chi connectivity index (χ1v) is 3.10. The topological polar surface area (TPSA) is 68.9 Å². The average molecular weight is 191 g/mol. The number of hydrogen-bond acceptors (Lipinski definition) is 4. The minimum Gasteiger partial charge on any atom is -0.383 e. The second kappa shape index (κ2) is 3.00. The minimum atomic E-state index is -4.64. The largest absolute Gasteiger partial charge is 0.451 e. The van der Waals surface area contributed by atoms with E-state index in [2.05, 4.69) is 9.97 Å². The summed E-state index contributed by atoms with van der Waals surface area (Å²) in [5.41, 5.74) is 4.89. The highest BCUT2D eigenvalue weighted by molar-refractivity contribution is 5.80. The van der Waals surface area contributed by atoms with Crippen LogP contribution in [0.4, 0.5) is 19.0 Å². The number of halogens is 3. The lowest BCUT2D eigenvalue weighted by molar-refractivity contribution is -0.144. The normalized spacial score (nSPS) is 11.3. The Morgan fingerprint density at radius 3 is 2.46 bits per heavy atom. The van der Waals surface area contributed by atoms with Crippen molar-refractivity contribution >= 4 is 12.1 Å². The van der Waals surface area contributed by atoms with Crippen molar-refractivity contribution in [3.8, 4) is 0 Å². The van der Waals surface area contributed by atoms with Crippen molar-refractivity contribution in [3.63, 3.8) is 0 Å². The summed E-state index contributed by atoms with van der Waals surface area (Å²) in [6.45, 7) is 0. The molecule has 0 saturated carbocycles. The standard InChI is InChI=1S/C6H4F3N3O/c7-6(8,9)5-11-1-3(2-13)4(10)12-5/h1-2H,(H2,10,11,12).